The van der Waals surface area contributed by atoms with E-state index in [1.54, 1.807) is 0 Å². The second-order valence-electron chi connectivity index (χ2n) is 8.51. The molecule has 1 unspecified atom stereocenters. The van der Waals surface area contributed by atoms with E-state index in [1.807, 2.05) is 48.5 Å². The molecule has 2 fully saturated rings. The monoisotopic (exact) mass is 420 g/mol. The van der Waals surface area contributed by atoms with Gasteiger partial charge in [0.05, 0.1) is 45.2 Å². The Bertz CT molecular complexity index is 923. The normalized spacial score (nSPS) is 27.8. The highest BCUT2D eigenvalue weighted by Gasteiger charge is 2.45. The van der Waals surface area contributed by atoms with Gasteiger partial charge >= 0.3 is 0 Å². The van der Waals surface area contributed by atoms with Crippen LogP contribution >= 0.6 is 0 Å². The summed E-state index contributed by atoms with van der Waals surface area (Å²) in [6.07, 6.45) is 0.655. The van der Waals surface area contributed by atoms with Gasteiger partial charge in [-0.2, -0.15) is 0 Å². The standard InChI is InChI=1S/C26H28O5/c27-22-11-20-15-29-16-21(20)26(22)24-12-23(30-14-19-9-5-2-6-10-19)25(31-24)17-28-13-18-7-3-1-4-8-18/h1-10,20,23-25H,11-17H2/t20?,23-,24+,25+/m0/s1. The number of fused-ring (bicyclic) bond motifs is 1. The van der Waals surface area contributed by atoms with Crippen molar-refractivity contribution in [3.05, 3.63) is 82.9 Å². The summed E-state index contributed by atoms with van der Waals surface area (Å²) in [6, 6.07) is 20.2. The molecule has 5 heteroatoms. The second-order valence-corrected chi connectivity index (χ2v) is 8.51. The average molecular weight is 421 g/mol. The van der Waals surface area contributed by atoms with Crippen molar-refractivity contribution in [2.75, 3.05) is 19.8 Å². The minimum absolute atomic E-state index is 0.122. The van der Waals surface area contributed by atoms with Gasteiger partial charge in [0, 0.05) is 24.3 Å². The van der Waals surface area contributed by atoms with Gasteiger partial charge in [0.1, 0.15) is 6.10 Å². The number of Topliss-reactive ketones (excluding diaryl/α,β-unsaturated/α-hetero) is 1. The fourth-order valence-corrected chi connectivity index (χ4v) is 4.78. The van der Waals surface area contributed by atoms with Gasteiger partial charge in [-0.05, 0) is 16.7 Å². The fraction of sp³-hybridized carbons (Fsp3) is 0.423. The molecule has 2 aliphatic heterocycles. The fourth-order valence-electron chi connectivity index (χ4n) is 4.78. The van der Waals surface area contributed by atoms with Gasteiger partial charge in [-0.15, -0.1) is 0 Å². The van der Waals surface area contributed by atoms with E-state index in [4.69, 9.17) is 18.9 Å². The van der Waals surface area contributed by atoms with Crippen molar-refractivity contribution < 1.29 is 23.7 Å². The number of rotatable bonds is 8. The zero-order chi connectivity index (χ0) is 21.0. The van der Waals surface area contributed by atoms with E-state index in [0.717, 1.165) is 22.3 Å². The topological polar surface area (TPSA) is 54.0 Å². The smallest absolute Gasteiger partial charge is 0.162 e. The Morgan fingerprint density at radius 1 is 0.935 bits per heavy atom. The van der Waals surface area contributed by atoms with Crippen LogP contribution in [0.5, 0.6) is 0 Å². The number of benzene rings is 2. The minimum Gasteiger partial charge on any atom is -0.376 e. The van der Waals surface area contributed by atoms with E-state index in [-0.39, 0.29) is 30.0 Å². The van der Waals surface area contributed by atoms with Crippen LogP contribution in [0, 0.1) is 5.92 Å². The Balaban J connectivity index is 1.27. The summed E-state index contributed by atoms with van der Waals surface area (Å²) in [5.74, 6) is 0.448. The van der Waals surface area contributed by atoms with Crippen LogP contribution in [0.15, 0.2) is 71.8 Å². The molecule has 5 rings (SSSR count). The summed E-state index contributed by atoms with van der Waals surface area (Å²) in [5, 5.41) is 0. The van der Waals surface area contributed by atoms with Gasteiger partial charge in [-0.25, -0.2) is 0 Å². The molecule has 2 saturated heterocycles. The molecule has 0 aromatic heterocycles. The van der Waals surface area contributed by atoms with Crippen molar-refractivity contribution in [3.8, 4) is 0 Å². The lowest BCUT2D eigenvalue weighted by Crippen LogP contribution is -2.29. The number of carbonyl (C=O) groups is 1. The summed E-state index contributed by atoms with van der Waals surface area (Å²) in [4.78, 5) is 12.7. The lowest BCUT2D eigenvalue weighted by Gasteiger charge is -2.19. The first-order chi connectivity index (χ1) is 15.3. The van der Waals surface area contributed by atoms with Gasteiger partial charge in [-0.1, -0.05) is 60.7 Å². The van der Waals surface area contributed by atoms with Crippen LogP contribution in [0.3, 0.4) is 0 Å². The van der Waals surface area contributed by atoms with E-state index < -0.39 is 0 Å². The molecule has 4 atom stereocenters. The zero-order valence-corrected chi connectivity index (χ0v) is 17.6. The molecule has 0 N–H and O–H groups in total. The van der Waals surface area contributed by atoms with E-state index in [1.165, 1.54) is 0 Å². The Morgan fingerprint density at radius 2 is 1.65 bits per heavy atom. The van der Waals surface area contributed by atoms with Crippen LogP contribution in [-0.4, -0.2) is 43.9 Å². The van der Waals surface area contributed by atoms with Crippen LogP contribution in [0.2, 0.25) is 0 Å². The van der Waals surface area contributed by atoms with Crippen molar-refractivity contribution >= 4 is 5.78 Å². The van der Waals surface area contributed by atoms with E-state index in [0.29, 0.717) is 45.9 Å². The molecule has 0 radical (unpaired) electrons. The molecule has 2 aromatic carbocycles. The predicted molar refractivity (Wildman–Crippen MR) is 115 cm³/mol. The third-order valence-corrected chi connectivity index (χ3v) is 6.37. The van der Waals surface area contributed by atoms with Crippen molar-refractivity contribution in [2.24, 2.45) is 5.92 Å². The minimum atomic E-state index is -0.236. The maximum absolute atomic E-state index is 12.7. The average Bonchev–Trinajstić information content (AvgIpc) is 3.48. The Labute approximate surface area is 183 Å². The Hall–Kier alpha value is -2.31. The molecule has 0 spiro atoms. The van der Waals surface area contributed by atoms with E-state index in [2.05, 4.69) is 12.1 Å². The van der Waals surface area contributed by atoms with Crippen molar-refractivity contribution in [3.63, 3.8) is 0 Å². The molecule has 31 heavy (non-hydrogen) atoms. The predicted octanol–water partition coefficient (Wildman–Crippen LogP) is 3.86. The van der Waals surface area contributed by atoms with E-state index >= 15 is 0 Å². The first-order valence-corrected chi connectivity index (χ1v) is 11.0. The highest BCUT2D eigenvalue weighted by atomic mass is 16.6. The summed E-state index contributed by atoms with van der Waals surface area (Å²) in [7, 11) is 0. The lowest BCUT2D eigenvalue weighted by atomic mass is 10.00. The molecular formula is C26H28O5. The molecule has 1 aliphatic carbocycles. The van der Waals surface area contributed by atoms with Crippen molar-refractivity contribution in [1.82, 2.24) is 0 Å². The third kappa shape index (κ3) is 4.65. The molecule has 162 valence electrons. The van der Waals surface area contributed by atoms with Crippen LogP contribution in [0.25, 0.3) is 0 Å². The van der Waals surface area contributed by atoms with Crippen molar-refractivity contribution in [2.45, 2.75) is 44.4 Å². The second kappa shape index (κ2) is 9.45. The highest BCUT2D eigenvalue weighted by Crippen LogP contribution is 2.40. The quantitative estimate of drug-likeness (QED) is 0.649. The first-order valence-electron chi connectivity index (χ1n) is 11.0. The Kier molecular flexibility index (Phi) is 6.27. The number of ketones is 1. The maximum atomic E-state index is 12.7. The van der Waals surface area contributed by atoms with E-state index in [9.17, 15) is 4.79 Å². The number of ether oxygens (including phenoxy) is 4. The molecule has 5 nitrogen and oxygen atoms in total. The number of carbonyl (C=O) groups excluding carboxylic acids is 1. The SMILES string of the molecule is O=C1CC2COCC2=C1[C@H]1C[C@H](OCc2ccccc2)[C@@H](COCc2ccccc2)O1. The highest BCUT2D eigenvalue weighted by molar-refractivity contribution is 6.00. The summed E-state index contributed by atoms with van der Waals surface area (Å²) < 4.78 is 24.2. The van der Waals surface area contributed by atoms with Crippen LogP contribution in [0.4, 0.5) is 0 Å². The first kappa shape index (κ1) is 20.6. The van der Waals surface area contributed by atoms with Crippen LogP contribution in [0.1, 0.15) is 24.0 Å². The van der Waals surface area contributed by atoms with Gasteiger partial charge < -0.3 is 18.9 Å². The van der Waals surface area contributed by atoms with Gasteiger partial charge in [0.25, 0.3) is 0 Å². The summed E-state index contributed by atoms with van der Waals surface area (Å²) >= 11 is 0. The maximum Gasteiger partial charge on any atom is 0.162 e. The Morgan fingerprint density at radius 3 is 2.39 bits per heavy atom. The number of hydrogen-bond donors (Lipinski definition) is 0. The van der Waals surface area contributed by atoms with Gasteiger partial charge in [-0.3, -0.25) is 4.79 Å². The summed E-state index contributed by atoms with van der Waals surface area (Å²) in [6.45, 7) is 2.68. The largest absolute Gasteiger partial charge is 0.376 e. The van der Waals surface area contributed by atoms with Crippen LogP contribution < -0.4 is 0 Å². The molecule has 2 heterocycles. The molecule has 2 aromatic rings. The zero-order valence-electron chi connectivity index (χ0n) is 17.6. The lowest BCUT2D eigenvalue weighted by molar-refractivity contribution is -0.117. The molecule has 0 amide bonds. The van der Waals surface area contributed by atoms with Gasteiger partial charge in [0.15, 0.2) is 5.78 Å². The third-order valence-electron chi connectivity index (χ3n) is 6.37. The molecule has 3 aliphatic rings. The van der Waals surface area contributed by atoms with Crippen molar-refractivity contribution in [1.29, 1.82) is 0 Å². The number of hydrogen-bond acceptors (Lipinski definition) is 5. The molecule has 0 bridgehead atoms. The molecular weight excluding hydrogens is 392 g/mol. The molecule has 0 saturated carbocycles. The van der Waals surface area contributed by atoms with Gasteiger partial charge in [0.2, 0.25) is 0 Å². The summed E-state index contributed by atoms with van der Waals surface area (Å²) in [5.41, 5.74) is 4.22. The van der Waals surface area contributed by atoms with Crippen LogP contribution in [-0.2, 0) is 37.0 Å².